The molecule has 1 aliphatic carbocycles. The number of hydrogen-bond acceptors (Lipinski definition) is 3. The summed E-state index contributed by atoms with van der Waals surface area (Å²) in [6, 6.07) is 4.17. The molecule has 0 radical (unpaired) electrons. The maximum absolute atomic E-state index is 11.9. The van der Waals surface area contributed by atoms with Crippen molar-refractivity contribution in [1.82, 2.24) is 4.90 Å². The van der Waals surface area contributed by atoms with Crippen molar-refractivity contribution in [3.8, 4) is 0 Å². The Hall–Kier alpha value is -0.870. The molecule has 0 bridgehead atoms. The molecular formula is C14H21NO2S. The molecule has 0 aliphatic heterocycles. The molecule has 0 aromatic carbocycles. The SMILES string of the molecule is CN(CC1CC(O)C1)C(=O)CCCc1cccs1. The van der Waals surface area contributed by atoms with Crippen molar-refractivity contribution in [3.05, 3.63) is 22.4 Å². The van der Waals surface area contributed by atoms with Gasteiger partial charge >= 0.3 is 0 Å². The minimum Gasteiger partial charge on any atom is -0.393 e. The second-order valence-corrected chi connectivity index (χ2v) is 6.23. The molecule has 1 aromatic heterocycles. The van der Waals surface area contributed by atoms with Gasteiger partial charge in [-0.15, -0.1) is 11.3 Å². The van der Waals surface area contributed by atoms with Crippen LogP contribution in [0.25, 0.3) is 0 Å². The summed E-state index contributed by atoms with van der Waals surface area (Å²) in [4.78, 5) is 15.1. The van der Waals surface area contributed by atoms with E-state index in [1.165, 1.54) is 4.88 Å². The van der Waals surface area contributed by atoms with E-state index in [-0.39, 0.29) is 12.0 Å². The van der Waals surface area contributed by atoms with Gasteiger partial charge in [0.1, 0.15) is 0 Å². The van der Waals surface area contributed by atoms with Crippen LogP contribution in [0.2, 0.25) is 0 Å². The largest absolute Gasteiger partial charge is 0.393 e. The van der Waals surface area contributed by atoms with Gasteiger partial charge in [0.15, 0.2) is 0 Å². The van der Waals surface area contributed by atoms with Crippen LogP contribution in [-0.4, -0.2) is 35.6 Å². The van der Waals surface area contributed by atoms with Crippen LogP contribution < -0.4 is 0 Å². The van der Waals surface area contributed by atoms with Gasteiger partial charge in [-0.1, -0.05) is 6.07 Å². The average Bonchev–Trinajstić information content (AvgIpc) is 2.79. The Kier molecular flexibility index (Phi) is 4.78. The van der Waals surface area contributed by atoms with Gasteiger partial charge in [0, 0.05) is 24.9 Å². The van der Waals surface area contributed by atoms with Crippen molar-refractivity contribution < 1.29 is 9.90 Å². The Labute approximate surface area is 112 Å². The summed E-state index contributed by atoms with van der Waals surface area (Å²) < 4.78 is 0. The van der Waals surface area contributed by atoms with Crippen molar-refractivity contribution >= 4 is 17.2 Å². The molecule has 1 aliphatic rings. The smallest absolute Gasteiger partial charge is 0.222 e. The fourth-order valence-corrected chi connectivity index (χ4v) is 3.15. The molecule has 100 valence electrons. The van der Waals surface area contributed by atoms with Gasteiger partial charge in [0.05, 0.1) is 6.10 Å². The molecule has 3 nitrogen and oxygen atoms in total. The second-order valence-electron chi connectivity index (χ2n) is 5.20. The first-order chi connectivity index (χ1) is 8.65. The number of amides is 1. The fourth-order valence-electron chi connectivity index (χ4n) is 2.40. The molecule has 0 spiro atoms. The number of thiophene rings is 1. The van der Waals surface area contributed by atoms with E-state index in [1.807, 2.05) is 11.9 Å². The summed E-state index contributed by atoms with van der Waals surface area (Å²) in [6.45, 7) is 0.800. The third-order valence-electron chi connectivity index (χ3n) is 3.56. The molecule has 2 rings (SSSR count). The van der Waals surface area contributed by atoms with Gasteiger partial charge in [-0.25, -0.2) is 0 Å². The summed E-state index contributed by atoms with van der Waals surface area (Å²) >= 11 is 1.75. The van der Waals surface area contributed by atoms with Crippen molar-refractivity contribution in [3.63, 3.8) is 0 Å². The fraction of sp³-hybridized carbons (Fsp3) is 0.643. The maximum atomic E-state index is 11.9. The molecule has 1 fully saturated rings. The van der Waals surface area contributed by atoms with E-state index < -0.39 is 0 Å². The van der Waals surface area contributed by atoms with E-state index in [0.717, 1.165) is 32.2 Å². The average molecular weight is 267 g/mol. The maximum Gasteiger partial charge on any atom is 0.222 e. The lowest BCUT2D eigenvalue weighted by Crippen LogP contribution is -2.39. The van der Waals surface area contributed by atoms with Gasteiger partial charge in [-0.3, -0.25) is 4.79 Å². The summed E-state index contributed by atoms with van der Waals surface area (Å²) in [7, 11) is 1.87. The quantitative estimate of drug-likeness (QED) is 0.859. The summed E-state index contributed by atoms with van der Waals surface area (Å²) in [5.41, 5.74) is 0. The van der Waals surface area contributed by atoms with Crippen molar-refractivity contribution in [2.24, 2.45) is 5.92 Å². The molecule has 1 N–H and O–H groups in total. The lowest BCUT2D eigenvalue weighted by Gasteiger charge is -2.34. The summed E-state index contributed by atoms with van der Waals surface area (Å²) in [5.74, 6) is 0.735. The van der Waals surface area contributed by atoms with Crippen LogP contribution >= 0.6 is 11.3 Å². The lowest BCUT2D eigenvalue weighted by atomic mass is 9.82. The zero-order valence-corrected chi connectivity index (χ0v) is 11.7. The van der Waals surface area contributed by atoms with Crippen molar-refractivity contribution in [2.45, 2.75) is 38.2 Å². The molecule has 4 heteroatoms. The number of rotatable bonds is 6. The highest BCUT2D eigenvalue weighted by atomic mass is 32.1. The number of nitrogens with zero attached hydrogens (tertiary/aromatic N) is 1. The Morgan fingerprint density at radius 2 is 2.33 bits per heavy atom. The van der Waals surface area contributed by atoms with E-state index in [4.69, 9.17) is 0 Å². The lowest BCUT2D eigenvalue weighted by molar-refractivity contribution is -0.131. The van der Waals surface area contributed by atoms with Gasteiger partial charge < -0.3 is 10.0 Å². The molecule has 18 heavy (non-hydrogen) atoms. The predicted octanol–water partition coefficient (Wildman–Crippen LogP) is 2.30. The molecule has 0 atom stereocenters. The topological polar surface area (TPSA) is 40.5 Å². The minimum absolute atomic E-state index is 0.127. The Balaban J connectivity index is 1.61. The van der Waals surface area contributed by atoms with E-state index in [1.54, 1.807) is 11.3 Å². The molecular weight excluding hydrogens is 246 g/mol. The molecule has 0 unspecified atom stereocenters. The van der Waals surface area contributed by atoms with Crippen LogP contribution in [0, 0.1) is 5.92 Å². The zero-order valence-electron chi connectivity index (χ0n) is 10.8. The molecule has 1 heterocycles. The minimum atomic E-state index is -0.127. The van der Waals surface area contributed by atoms with Crippen LogP contribution in [0.1, 0.15) is 30.6 Å². The first-order valence-corrected chi connectivity index (χ1v) is 7.47. The molecule has 1 saturated carbocycles. The van der Waals surface area contributed by atoms with Gasteiger partial charge in [0.25, 0.3) is 0 Å². The van der Waals surface area contributed by atoms with Gasteiger partial charge in [-0.05, 0) is 43.0 Å². The van der Waals surface area contributed by atoms with Crippen LogP contribution in [0.4, 0.5) is 0 Å². The second kappa shape index (κ2) is 6.34. The van der Waals surface area contributed by atoms with Gasteiger partial charge in [-0.2, -0.15) is 0 Å². The molecule has 1 aromatic rings. The highest BCUT2D eigenvalue weighted by molar-refractivity contribution is 7.09. The summed E-state index contributed by atoms with van der Waals surface area (Å²) in [6.07, 6.45) is 4.14. The van der Waals surface area contributed by atoms with Gasteiger partial charge in [0.2, 0.25) is 5.91 Å². The third-order valence-corrected chi connectivity index (χ3v) is 4.50. The van der Waals surface area contributed by atoms with Crippen molar-refractivity contribution in [2.75, 3.05) is 13.6 Å². The van der Waals surface area contributed by atoms with E-state index >= 15 is 0 Å². The molecule has 1 amide bonds. The van der Waals surface area contributed by atoms with Crippen LogP contribution in [0.3, 0.4) is 0 Å². The summed E-state index contributed by atoms with van der Waals surface area (Å²) in [5, 5.41) is 11.3. The zero-order chi connectivity index (χ0) is 13.0. The van der Waals surface area contributed by atoms with Crippen LogP contribution in [0.5, 0.6) is 0 Å². The number of carbonyl (C=O) groups is 1. The van der Waals surface area contributed by atoms with E-state index in [0.29, 0.717) is 12.3 Å². The van der Waals surface area contributed by atoms with E-state index in [9.17, 15) is 9.90 Å². The number of aryl methyl sites for hydroxylation is 1. The predicted molar refractivity (Wildman–Crippen MR) is 73.6 cm³/mol. The number of aliphatic hydroxyl groups is 1. The van der Waals surface area contributed by atoms with Crippen molar-refractivity contribution in [1.29, 1.82) is 0 Å². The molecule has 0 saturated heterocycles. The first kappa shape index (κ1) is 13.6. The highest BCUT2D eigenvalue weighted by Gasteiger charge is 2.28. The van der Waals surface area contributed by atoms with Crippen LogP contribution in [0.15, 0.2) is 17.5 Å². The number of carbonyl (C=O) groups excluding carboxylic acids is 1. The first-order valence-electron chi connectivity index (χ1n) is 6.59. The number of hydrogen-bond donors (Lipinski definition) is 1. The van der Waals surface area contributed by atoms with E-state index in [2.05, 4.69) is 17.5 Å². The standard InChI is InChI=1S/C14H21NO2S/c1-15(10-11-8-12(16)9-11)14(17)6-2-4-13-5-3-7-18-13/h3,5,7,11-12,16H,2,4,6,8-10H2,1H3. The normalized spacial score (nSPS) is 22.6. The number of aliphatic hydroxyl groups excluding tert-OH is 1. The monoisotopic (exact) mass is 267 g/mol. The Morgan fingerprint density at radius 1 is 1.56 bits per heavy atom. The van der Waals surface area contributed by atoms with Crippen LogP contribution in [-0.2, 0) is 11.2 Å². The third kappa shape index (κ3) is 3.82. The Bertz CT molecular complexity index is 371. The Morgan fingerprint density at radius 3 is 2.94 bits per heavy atom. The highest BCUT2D eigenvalue weighted by Crippen LogP contribution is 2.27.